The van der Waals surface area contributed by atoms with E-state index in [0.29, 0.717) is 10.2 Å². The number of hydrogen-bond acceptors (Lipinski definition) is 7. The minimum atomic E-state index is -1.01. The van der Waals surface area contributed by atoms with Crippen molar-refractivity contribution in [1.82, 2.24) is 4.98 Å². The number of nitrogens with zero attached hydrogens (tertiary/aromatic N) is 1. The molecular formula is C17H20N2O5S. The number of nitrogens with one attached hydrogen (secondary N) is 1. The zero-order valence-corrected chi connectivity index (χ0v) is 15.6. The quantitative estimate of drug-likeness (QED) is 0.662. The van der Waals surface area contributed by atoms with E-state index in [2.05, 4.69) is 10.3 Å². The number of esters is 2. The Labute approximate surface area is 149 Å². The second kappa shape index (κ2) is 7.60. The Morgan fingerprint density at radius 3 is 2.28 bits per heavy atom. The van der Waals surface area contributed by atoms with Gasteiger partial charge in [-0.2, -0.15) is 0 Å². The molecule has 2 aromatic heterocycles. The van der Waals surface area contributed by atoms with Gasteiger partial charge in [-0.3, -0.25) is 4.79 Å². The van der Waals surface area contributed by atoms with Gasteiger partial charge in [-0.15, -0.1) is 11.3 Å². The second-order valence-electron chi connectivity index (χ2n) is 5.33. The van der Waals surface area contributed by atoms with Crippen LogP contribution in [0.3, 0.4) is 0 Å². The fraction of sp³-hybridized carbons (Fsp3) is 0.412. The fourth-order valence-electron chi connectivity index (χ4n) is 2.36. The number of pyridine rings is 1. The molecule has 0 aliphatic carbocycles. The molecule has 134 valence electrons. The molecular weight excluding hydrogens is 344 g/mol. The maximum atomic E-state index is 12.3. The molecule has 1 amide bonds. The van der Waals surface area contributed by atoms with E-state index in [4.69, 9.17) is 9.47 Å². The maximum Gasteiger partial charge on any atom is 0.397 e. The van der Waals surface area contributed by atoms with E-state index in [1.807, 2.05) is 20.8 Å². The lowest BCUT2D eigenvalue weighted by atomic mass is 10.1. The minimum absolute atomic E-state index is 0.0836. The lowest BCUT2D eigenvalue weighted by molar-refractivity contribution is -0.152. The Bertz CT molecular complexity index is 857. The molecule has 0 aliphatic heterocycles. The molecule has 0 unspecified atom stereocenters. The van der Waals surface area contributed by atoms with E-state index in [0.717, 1.165) is 28.2 Å². The van der Waals surface area contributed by atoms with Crippen LogP contribution in [0.25, 0.3) is 10.2 Å². The summed E-state index contributed by atoms with van der Waals surface area (Å²) in [7, 11) is 0. The number of hydrogen-bond donors (Lipinski definition) is 1. The number of thiophene rings is 1. The zero-order valence-electron chi connectivity index (χ0n) is 14.8. The number of aromatic nitrogens is 1. The van der Waals surface area contributed by atoms with Crippen molar-refractivity contribution in [2.75, 3.05) is 18.5 Å². The molecule has 8 heteroatoms. The largest absolute Gasteiger partial charge is 0.462 e. The third kappa shape index (κ3) is 3.63. The summed E-state index contributed by atoms with van der Waals surface area (Å²) in [5, 5.41) is 3.13. The molecule has 2 aromatic rings. The SMILES string of the molecule is CCOC(=O)C(=O)Nc1c(C(=O)OCC)sc2nc(C)c(C)c(C)c12. The fourth-order valence-corrected chi connectivity index (χ4v) is 3.49. The van der Waals surface area contributed by atoms with Crippen LogP contribution in [-0.2, 0) is 19.1 Å². The van der Waals surface area contributed by atoms with E-state index >= 15 is 0 Å². The van der Waals surface area contributed by atoms with E-state index in [-0.39, 0.29) is 23.8 Å². The van der Waals surface area contributed by atoms with Crippen molar-refractivity contribution in [3.8, 4) is 0 Å². The highest BCUT2D eigenvalue weighted by atomic mass is 32.1. The summed E-state index contributed by atoms with van der Waals surface area (Å²) in [6, 6.07) is 0. The first-order valence-corrected chi connectivity index (χ1v) is 8.68. The van der Waals surface area contributed by atoms with Crippen LogP contribution in [0.2, 0.25) is 0 Å². The summed E-state index contributed by atoms with van der Waals surface area (Å²) >= 11 is 1.12. The highest BCUT2D eigenvalue weighted by Crippen LogP contribution is 2.39. The van der Waals surface area contributed by atoms with E-state index in [1.54, 1.807) is 13.8 Å². The maximum absolute atomic E-state index is 12.3. The first-order valence-electron chi connectivity index (χ1n) is 7.87. The Balaban J connectivity index is 2.62. The van der Waals surface area contributed by atoms with Crippen molar-refractivity contribution in [2.45, 2.75) is 34.6 Å². The predicted molar refractivity (Wildman–Crippen MR) is 95.1 cm³/mol. The van der Waals surface area contributed by atoms with Crippen LogP contribution in [0.4, 0.5) is 5.69 Å². The van der Waals surface area contributed by atoms with Gasteiger partial charge in [0, 0.05) is 11.1 Å². The summed E-state index contributed by atoms with van der Waals surface area (Å²) in [6.45, 7) is 9.25. The lowest BCUT2D eigenvalue weighted by Crippen LogP contribution is -2.25. The van der Waals surface area contributed by atoms with Crippen LogP contribution >= 0.6 is 11.3 Å². The van der Waals surface area contributed by atoms with E-state index < -0.39 is 17.8 Å². The van der Waals surface area contributed by atoms with Crippen molar-refractivity contribution in [3.05, 3.63) is 21.7 Å². The van der Waals surface area contributed by atoms with Gasteiger partial charge in [0.05, 0.1) is 18.9 Å². The Morgan fingerprint density at radius 1 is 1.04 bits per heavy atom. The number of carbonyl (C=O) groups excluding carboxylic acids is 3. The van der Waals surface area contributed by atoms with Crippen molar-refractivity contribution in [1.29, 1.82) is 0 Å². The summed E-state index contributed by atoms with van der Waals surface area (Å²) in [6.07, 6.45) is 0. The zero-order chi connectivity index (χ0) is 18.7. The van der Waals surface area contributed by atoms with Gasteiger partial charge in [-0.25, -0.2) is 14.6 Å². The second-order valence-corrected chi connectivity index (χ2v) is 6.33. The molecule has 0 radical (unpaired) electrons. The minimum Gasteiger partial charge on any atom is -0.462 e. The van der Waals surface area contributed by atoms with Gasteiger partial charge in [0.2, 0.25) is 0 Å². The molecule has 1 N–H and O–H groups in total. The first-order chi connectivity index (χ1) is 11.8. The van der Waals surface area contributed by atoms with Crippen LogP contribution in [0.1, 0.15) is 40.3 Å². The van der Waals surface area contributed by atoms with Crippen LogP contribution in [0.5, 0.6) is 0 Å². The van der Waals surface area contributed by atoms with Crippen molar-refractivity contribution in [3.63, 3.8) is 0 Å². The molecule has 0 atom stereocenters. The Hall–Kier alpha value is -2.48. The standard InChI is InChI=1S/C17H20N2O5S/c1-6-23-16(21)13-12(19-14(20)17(22)24-7-2)11-9(4)8(3)10(5)18-15(11)25-13/h6-7H2,1-5H3,(H,19,20). The number of carbonyl (C=O) groups is 3. The van der Waals surface area contributed by atoms with Gasteiger partial charge in [0.25, 0.3) is 0 Å². The Morgan fingerprint density at radius 2 is 1.68 bits per heavy atom. The molecule has 25 heavy (non-hydrogen) atoms. The van der Waals surface area contributed by atoms with Crippen LogP contribution in [-0.4, -0.2) is 36.0 Å². The van der Waals surface area contributed by atoms with Crippen LogP contribution < -0.4 is 5.32 Å². The summed E-state index contributed by atoms with van der Waals surface area (Å²) < 4.78 is 9.77. The number of amides is 1. The number of aryl methyl sites for hydroxylation is 2. The predicted octanol–water partition coefficient (Wildman–Crippen LogP) is 2.90. The monoisotopic (exact) mass is 364 g/mol. The topological polar surface area (TPSA) is 94.6 Å². The van der Waals surface area contributed by atoms with Gasteiger partial charge >= 0.3 is 17.8 Å². The molecule has 0 saturated heterocycles. The molecule has 0 aromatic carbocycles. The third-order valence-electron chi connectivity index (χ3n) is 3.80. The molecule has 0 saturated carbocycles. The number of anilines is 1. The van der Waals surface area contributed by atoms with Crippen LogP contribution in [0.15, 0.2) is 0 Å². The average Bonchev–Trinajstić information content (AvgIpc) is 2.91. The summed E-state index contributed by atoms with van der Waals surface area (Å²) in [5.74, 6) is -2.52. The molecule has 7 nitrogen and oxygen atoms in total. The summed E-state index contributed by atoms with van der Waals surface area (Å²) in [5.41, 5.74) is 2.91. The van der Waals surface area contributed by atoms with E-state index in [1.165, 1.54) is 0 Å². The van der Waals surface area contributed by atoms with Crippen molar-refractivity contribution in [2.24, 2.45) is 0 Å². The Kier molecular flexibility index (Phi) is 5.73. The molecule has 2 heterocycles. The third-order valence-corrected chi connectivity index (χ3v) is 4.86. The first kappa shape index (κ1) is 18.9. The van der Waals surface area contributed by atoms with Gasteiger partial charge < -0.3 is 14.8 Å². The van der Waals surface area contributed by atoms with Crippen molar-refractivity contribution >= 4 is 45.1 Å². The van der Waals surface area contributed by atoms with Gasteiger partial charge in [0.15, 0.2) is 0 Å². The smallest absolute Gasteiger partial charge is 0.397 e. The average molecular weight is 364 g/mol. The number of fused-ring (bicyclic) bond motifs is 1. The number of ether oxygens (including phenoxy) is 2. The van der Waals surface area contributed by atoms with Gasteiger partial charge in [0.1, 0.15) is 9.71 Å². The normalized spacial score (nSPS) is 10.6. The highest BCUT2D eigenvalue weighted by Gasteiger charge is 2.26. The van der Waals surface area contributed by atoms with Crippen LogP contribution in [0, 0.1) is 20.8 Å². The molecule has 0 spiro atoms. The molecule has 0 bridgehead atoms. The lowest BCUT2D eigenvalue weighted by Gasteiger charge is -2.10. The van der Waals surface area contributed by atoms with Gasteiger partial charge in [-0.1, -0.05) is 0 Å². The molecule has 0 fully saturated rings. The molecule has 0 aliphatic rings. The number of rotatable bonds is 4. The highest BCUT2D eigenvalue weighted by molar-refractivity contribution is 7.21. The van der Waals surface area contributed by atoms with E-state index in [9.17, 15) is 14.4 Å². The summed E-state index contributed by atoms with van der Waals surface area (Å²) in [4.78, 5) is 41.3. The molecule has 2 rings (SSSR count). The van der Waals surface area contributed by atoms with Gasteiger partial charge in [-0.05, 0) is 45.7 Å². The van der Waals surface area contributed by atoms with Crippen molar-refractivity contribution < 1.29 is 23.9 Å².